The lowest BCUT2D eigenvalue weighted by Crippen LogP contribution is -2.43. The van der Waals surface area contributed by atoms with Crippen molar-refractivity contribution >= 4 is 11.8 Å². The zero-order chi connectivity index (χ0) is 17.1. The molecule has 0 radical (unpaired) electrons. The quantitative estimate of drug-likeness (QED) is 0.718. The number of hydrogen-bond donors (Lipinski definition) is 1. The molecule has 1 aromatic rings. The van der Waals surface area contributed by atoms with Gasteiger partial charge in [-0.25, -0.2) is 4.79 Å². The van der Waals surface area contributed by atoms with Crippen LogP contribution in [0.15, 0.2) is 30.3 Å². The van der Waals surface area contributed by atoms with Crippen molar-refractivity contribution in [3.63, 3.8) is 0 Å². The van der Waals surface area contributed by atoms with Crippen LogP contribution in [0.25, 0.3) is 0 Å². The number of benzene rings is 1. The second-order valence-corrected chi connectivity index (χ2v) is 5.49. The predicted octanol–water partition coefficient (Wildman–Crippen LogP) is 3.29. The van der Waals surface area contributed by atoms with E-state index in [1.165, 1.54) is 0 Å². The summed E-state index contributed by atoms with van der Waals surface area (Å²) in [5.41, 5.74) is 0.752. The van der Waals surface area contributed by atoms with Crippen LogP contribution in [-0.4, -0.2) is 61.3 Å². The van der Waals surface area contributed by atoms with E-state index in [2.05, 4.69) is 42.8 Å². The molecule has 0 aliphatic heterocycles. The van der Waals surface area contributed by atoms with Gasteiger partial charge >= 0.3 is 6.09 Å². The van der Waals surface area contributed by atoms with Crippen LogP contribution in [0.2, 0.25) is 0 Å². The lowest BCUT2D eigenvalue weighted by Gasteiger charge is -2.29. The fourth-order valence-corrected chi connectivity index (χ4v) is 2.49. The van der Waals surface area contributed by atoms with Gasteiger partial charge in [0.15, 0.2) is 0 Å². The van der Waals surface area contributed by atoms with Crippen LogP contribution in [0.3, 0.4) is 0 Å². The minimum Gasteiger partial charge on any atom is -0.443 e. The zero-order valence-corrected chi connectivity index (χ0v) is 14.9. The second kappa shape index (κ2) is 11.0. The highest BCUT2D eigenvalue weighted by Crippen LogP contribution is 2.08. The highest BCUT2D eigenvalue weighted by Gasteiger charge is 2.19. The molecule has 0 spiro atoms. The van der Waals surface area contributed by atoms with Crippen LogP contribution in [0, 0.1) is 0 Å². The first-order valence-corrected chi connectivity index (χ1v) is 8.60. The molecule has 0 fully saturated rings. The molecule has 5 heteroatoms. The molecule has 0 aliphatic rings. The number of likely N-dealkylation sites (N-methyl/N-ethyl adjacent to an activating group) is 2. The average molecular weight is 321 g/mol. The van der Waals surface area contributed by atoms with Crippen LogP contribution in [0.4, 0.5) is 10.5 Å². The molecule has 1 aromatic carbocycles. The molecule has 0 aromatic heterocycles. The summed E-state index contributed by atoms with van der Waals surface area (Å²) in [6, 6.07) is 9.40. The maximum absolute atomic E-state index is 12.2. The van der Waals surface area contributed by atoms with Crippen LogP contribution in [0.5, 0.6) is 0 Å². The van der Waals surface area contributed by atoms with Gasteiger partial charge in [0.25, 0.3) is 0 Å². The number of nitrogens with one attached hydrogen (secondary N) is 1. The van der Waals surface area contributed by atoms with Crippen molar-refractivity contribution in [2.45, 2.75) is 33.8 Å². The standard InChI is InChI=1S/C18H31N3O2/c1-5-20(6-2)14-17(15-21(7-3)8-4)23-18(22)19-16-12-10-9-11-13-16/h9-13,17H,5-8,14-15H2,1-4H3,(H,19,22). The van der Waals surface area contributed by atoms with E-state index in [4.69, 9.17) is 4.74 Å². The summed E-state index contributed by atoms with van der Waals surface area (Å²) >= 11 is 0. The molecular formula is C18H31N3O2. The zero-order valence-electron chi connectivity index (χ0n) is 14.9. The lowest BCUT2D eigenvalue weighted by atomic mass is 10.2. The number of para-hydroxylation sites is 1. The Morgan fingerprint density at radius 1 is 0.957 bits per heavy atom. The van der Waals surface area contributed by atoms with Crippen molar-refractivity contribution in [2.75, 3.05) is 44.6 Å². The van der Waals surface area contributed by atoms with Crippen molar-refractivity contribution in [1.82, 2.24) is 9.80 Å². The third-order valence-electron chi connectivity index (χ3n) is 4.01. The smallest absolute Gasteiger partial charge is 0.411 e. The van der Waals surface area contributed by atoms with Crippen molar-refractivity contribution < 1.29 is 9.53 Å². The van der Waals surface area contributed by atoms with Gasteiger partial charge in [-0.3, -0.25) is 5.32 Å². The largest absolute Gasteiger partial charge is 0.443 e. The van der Waals surface area contributed by atoms with E-state index in [0.717, 1.165) is 45.0 Å². The van der Waals surface area contributed by atoms with Gasteiger partial charge in [0.2, 0.25) is 0 Å². The number of rotatable bonds is 10. The highest BCUT2D eigenvalue weighted by atomic mass is 16.6. The van der Waals surface area contributed by atoms with Gasteiger partial charge in [-0.05, 0) is 38.3 Å². The minimum absolute atomic E-state index is 0.140. The fraction of sp³-hybridized carbons (Fsp3) is 0.611. The Kier molecular flexibility index (Phi) is 9.33. The molecule has 0 atom stereocenters. The molecule has 1 amide bonds. The van der Waals surface area contributed by atoms with E-state index in [1.807, 2.05) is 30.3 Å². The number of hydrogen-bond acceptors (Lipinski definition) is 4. The molecule has 0 unspecified atom stereocenters. The number of amides is 1. The van der Waals surface area contributed by atoms with Gasteiger partial charge < -0.3 is 14.5 Å². The first-order chi connectivity index (χ1) is 11.1. The minimum atomic E-state index is -0.388. The Morgan fingerprint density at radius 2 is 1.43 bits per heavy atom. The predicted molar refractivity (Wildman–Crippen MR) is 95.9 cm³/mol. The first-order valence-electron chi connectivity index (χ1n) is 8.60. The van der Waals surface area contributed by atoms with Gasteiger partial charge in [0.1, 0.15) is 6.10 Å². The topological polar surface area (TPSA) is 44.8 Å². The molecule has 0 aliphatic carbocycles. The summed E-state index contributed by atoms with van der Waals surface area (Å²) in [6.07, 6.45) is -0.529. The highest BCUT2D eigenvalue weighted by molar-refractivity contribution is 5.84. The number of ether oxygens (including phenoxy) is 1. The molecule has 130 valence electrons. The van der Waals surface area contributed by atoms with Gasteiger partial charge in [0.05, 0.1) is 0 Å². The first kappa shape index (κ1) is 19.5. The molecular weight excluding hydrogens is 290 g/mol. The Balaban J connectivity index is 2.64. The third kappa shape index (κ3) is 7.48. The Bertz CT molecular complexity index is 417. The van der Waals surface area contributed by atoms with Crippen LogP contribution >= 0.6 is 0 Å². The summed E-state index contributed by atoms with van der Waals surface area (Å²) in [5.74, 6) is 0. The number of carbonyl (C=O) groups is 1. The monoisotopic (exact) mass is 321 g/mol. The SMILES string of the molecule is CCN(CC)CC(CN(CC)CC)OC(=O)Nc1ccccc1. The Morgan fingerprint density at radius 3 is 1.87 bits per heavy atom. The van der Waals surface area contributed by atoms with Crippen molar-refractivity contribution in [1.29, 1.82) is 0 Å². The second-order valence-electron chi connectivity index (χ2n) is 5.49. The van der Waals surface area contributed by atoms with Crippen molar-refractivity contribution in [2.24, 2.45) is 0 Å². The molecule has 1 rings (SSSR count). The summed E-state index contributed by atoms with van der Waals surface area (Å²) < 4.78 is 5.69. The molecule has 0 heterocycles. The molecule has 0 saturated heterocycles. The number of nitrogens with zero attached hydrogens (tertiary/aromatic N) is 2. The molecule has 0 bridgehead atoms. The van der Waals surface area contributed by atoms with Crippen LogP contribution < -0.4 is 5.32 Å². The van der Waals surface area contributed by atoms with E-state index < -0.39 is 0 Å². The van der Waals surface area contributed by atoms with Crippen molar-refractivity contribution in [3.8, 4) is 0 Å². The third-order valence-corrected chi connectivity index (χ3v) is 4.01. The van der Waals surface area contributed by atoms with Crippen molar-refractivity contribution in [3.05, 3.63) is 30.3 Å². The van der Waals surface area contributed by atoms with E-state index >= 15 is 0 Å². The Hall–Kier alpha value is -1.59. The van der Waals surface area contributed by atoms with Gasteiger partial charge in [0, 0.05) is 18.8 Å². The molecule has 5 nitrogen and oxygen atoms in total. The van der Waals surface area contributed by atoms with E-state index in [0.29, 0.717) is 0 Å². The Labute approximate surface area is 140 Å². The average Bonchev–Trinajstić information content (AvgIpc) is 2.57. The van der Waals surface area contributed by atoms with Crippen LogP contribution in [0.1, 0.15) is 27.7 Å². The molecule has 23 heavy (non-hydrogen) atoms. The molecule has 0 saturated carbocycles. The van der Waals surface area contributed by atoms with E-state index in [-0.39, 0.29) is 12.2 Å². The summed E-state index contributed by atoms with van der Waals surface area (Å²) in [4.78, 5) is 16.7. The van der Waals surface area contributed by atoms with E-state index in [9.17, 15) is 4.79 Å². The molecule has 1 N–H and O–H groups in total. The van der Waals surface area contributed by atoms with E-state index in [1.54, 1.807) is 0 Å². The van der Waals surface area contributed by atoms with Crippen LogP contribution in [-0.2, 0) is 4.74 Å². The van der Waals surface area contributed by atoms with Gasteiger partial charge in [-0.15, -0.1) is 0 Å². The fourth-order valence-electron chi connectivity index (χ4n) is 2.49. The number of carbonyl (C=O) groups excluding carboxylic acids is 1. The summed E-state index contributed by atoms with van der Waals surface area (Å²) in [6.45, 7) is 13.8. The lowest BCUT2D eigenvalue weighted by molar-refractivity contribution is 0.0575. The number of anilines is 1. The summed E-state index contributed by atoms with van der Waals surface area (Å²) in [7, 11) is 0. The summed E-state index contributed by atoms with van der Waals surface area (Å²) in [5, 5.41) is 2.79. The van der Waals surface area contributed by atoms with Gasteiger partial charge in [-0.1, -0.05) is 45.9 Å². The normalized spacial score (nSPS) is 11.3. The van der Waals surface area contributed by atoms with Gasteiger partial charge in [-0.2, -0.15) is 0 Å². The maximum atomic E-state index is 12.2. The maximum Gasteiger partial charge on any atom is 0.411 e.